The van der Waals surface area contributed by atoms with Crippen LogP contribution in [0.25, 0.3) is 0 Å². The van der Waals surface area contributed by atoms with Gasteiger partial charge in [0.1, 0.15) is 0 Å². The normalized spacial score (nSPS) is 10.4. The van der Waals surface area contributed by atoms with E-state index in [0.29, 0.717) is 0 Å². The van der Waals surface area contributed by atoms with Gasteiger partial charge in [0.2, 0.25) is 0 Å². The van der Waals surface area contributed by atoms with Crippen LogP contribution >= 0.6 is 11.6 Å². The van der Waals surface area contributed by atoms with E-state index in [1.807, 2.05) is 19.1 Å². The second-order valence-electron chi connectivity index (χ2n) is 5.08. The van der Waals surface area contributed by atoms with Crippen molar-refractivity contribution in [2.24, 2.45) is 0 Å². The Balaban J connectivity index is 1.86. The van der Waals surface area contributed by atoms with Crippen molar-refractivity contribution < 1.29 is 0 Å². The van der Waals surface area contributed by atoms with E-state index in [-0.39, 0.29) is 0 Å². The predicted molar refractivity (Wildman–Crippen MR) is 89.1 cm³/mol. The molecule has 2 rings (SSSR count). The molecule has 0 fully saturated rings. The molecule has 0 unspecified atom stereocenters. The second kappa shape index (κ2) is 6.67. The molecule has 0 bridgehead atoms. The van der Waals surface area contributed by atoms with E-state index in [4.69, 9.17) is 11.6 Å². The smallest absolute Gasteiger partial charge is 0.0455 e. The molecule has 0 saturated heterocycles. The van der Waals surface area contributed by atoms with E-state index in [9.17, 15) is 0 Å². The minimum atomic E-state index is 0.803. The Labute approximate surface area is 126 Å². The third kappa shape index (κ3) is 3.67. The highest BCUT2D eigenvalue weighted by Gasteiger charge is 2.01. The zero-order valence-corrected chi connectivity index (χ0v) is 13.0. The van der Waals surface area contributed by atoms with Gasteiger partial charge in [0.25, 0.3) is 0 Å². The number of benzene rings is 2. The maximum atomic E-state index is 6.10. The van der Waals surface area contributed by atoms with Gasteiger partial charge < -0.3 is 10.6 Å². The Morgan fingerprint density at radius 3 is 2.30 bits per heavy atom. The van der Waals surface area contributed by atoms with Crippen molar-refractivity contribution in [3.05, 3.63) is 58.1 Å². The van der Waals surface area contributed by atoms with Gasteiger partial charge in [-0.05, 0) is 50.1 Å². The summed E-state index contributed by atoms with van der Waals surface area (Å²) in [5, 5.41) is 7.66. The van der Waals surface area contributed by atoms with Crippen LogP contribution in [0.5, 0.6) is 0 Å². The molecular weight excluding hydrogens is 268 g/mol. The fourth-order valence-electron chi connectivity index (χ4n) is 2.21. The SMILES string of the molecule is Cc1ccc(NCCNc2cccc(Cl)c2C)c(C)c1. The first-order valence-electron chi connectivity index (χ1n) is 6.88. The predicted octanol–water partition coefficient (Wildman–Crippen LogP) is 4.79. The molecule has 2 aromatic carbocycles. The highest BCUT2D eigenvalue weighted by Crippen LogP contribution is 2.22. The number of halogens is 1. The Bertz CT molecular complexity index is 594. The minimum Gasteiger partial charge on any atom is -0.383 e. The Morgan fingerprint density at radius 1 is 0.900 bits per heavy atom. The van der Waals surface area contributed by atoms with Crippen molar-refractivity contribution in [1.82, 2.24) is 0 Å². The lowest BCUT2D eigenvalue weighted by Gasteiger charge is -2.13. The van der Waals surface area contributed by atoms with E-state index in [0.717, 1.165) is 29.4 Å². The lowest BCUT2D eigenvalue weighted by Crippen LogP contribution is -2.14. The lowest BCUT2D eigenvalue weighted by molar-refractivity contribution is 1.07. The molecule has 0 aromatic heterocycles. The van der Waals surface area contributed by atoms with E-state index in [1.54, 1.807) is 0 Å². The fourth-order valence-corrected chi connectivity index (χ4v) is 2.38. The van der Waals surface area contributed by atoms with Gasteiger partial charge in [0.15, 0.2) is 0 Å². The molecule has 0 aliphatic rings. The maximum absolute atomic E-state index is 6.10. The number of nitrogens with one attached hydrogen (secondary N) is 2. The van der Waals surface area contributed by atoms with Crippen LogP contribution < -0.4 is 10.6 Å². The van der Waals surface area contributed by atoms with Crippen LogP contribution in [0.15, 0.2) is 36.4 Å². The number of hydrogen-bond acceptors (Lipinski definition) is 2. The Kier molecular flexibility index (Phi) is 4.91. The number of anilines is 2. The van der Waals surface area contributed by atoms with Crippen molar-refractivity contribution in [1.29, 1.82) is 0 Å². The average molecular weight is 289 g/mol. The molecule has 0 amide bonds. The molecule has 0 radical (unpaired) electrons. The first-order valence-corrected chi connectivity index (χ1v) is 7.26. The standard InChI is InChI=1S/C17H21ClN2/c1-12-7-8-16(13(2)11-12)19-9-10-20-17-6-4-5-15(18)14(17)3/h4-8,11,19-20H,9-10H2,1-3H3. The molecule has 0 aliphatic heterocycles. The summed E-state index contributed by atoms with van der Waals surface area (Å²) in [4.78, 5) is 0. The quantitative estimate of drug-likeness (QED) is 0.773. The van der Waals surface area contributed by atoms with Crippen molar-refractivity contribution in [2.45, 2.75) is 20.8 Å². The van der Waals surface area contributed by atoms with Gasteiger partial charge in [-0.1, -0.05) is 35.4 Å². The van der Waals surface area contributed by atoms with Gasteiger partial charge in [-0.3, -0.25) is 0 Å². The van der Waals surface area contributed by atoms with E-state index < -0.39 is 0 Å². The van der Waals surface area contributed by atoms with E-state index >= 15 is 0 Å². The molecule has 3 heteroatoms. The second-order valence-corrected chi connectivity index (χ2v) is 5.49. The summed E-state index contributed by atoms with van der Waals surface area (Å²) >= 11 is 6.10. The molecule has 2 aromatic rings. The van der Waals surface area contributed by atoms with Gasteiger partial charge in [-0.25, -0.2) is 0 Å². The zero-order chi connectivity index (χ0) is 14.5. The molecule has 0 atom stereocenters. The summed E-state index contributed by atoms with van der Waals surface area (Å²) in [6, 6.07) is 12.4. The maximum Gasteiger partial charge on any atom is 0.0455 e. The molecule has 0 saturated carbocycles. The third-order valence-corrected chi connectivity index (χ3v) is 3.81. The molecule has 20 heavy (non-hydrogen) atoms. The van der Waals surface area contributed by atoms with Crippen molar-refractivity contribution in [3.8, 4) is 0 Å². The summed E-state index contributed by atoms with van der Waals surface area (Å²) in [5.74, 6) is 0. The van der Waals surface area contributed by atoms with Crippen LogP contribution in [0, 0.1) is 20.8 Å². The largest absolute Gasteiger partial charge is 0.383 e. The summed E-state index contributed by atoms with van der Waals surface area (Å²) in [6.45, 7) is 8.00. The van der Waals surface area contributed by atoms with Crippen LogP contribution in [0.2, 0.25) is 5.02 Å². The highest BCUT2D eigenvalue weighted by atomic mass is 35.5. The zero-order valence-electron chi connectivity index (χ0n) is 12.3. The highest BCUT2D eigenvalue weighted by molar-refractivity contribution is 6.31. The van der Waals surface area contributed by atoms with Crippen molar-refractivity contribution in [3.63, 3.8) is 0 Å². The van der Waals surface area contributed by atoms with Gasteiger partial charge >= 0.3 is 0 Å². The van der Waals surface area contributed by atoms with Crippen molar-refractivity contribution >= 4 is 23.0 Å². The Hall–Kier alpha value is -1.67. The molecular formula is C17H21ClN2. The van der Waals surface area contributed by atoms with E-state index in [2.05, 4.69) is 48.7 Å². The molecule has 106 valence electrons. The van der Waals surface area contributed by atoms with Gasteiger partial charge in [-0.2, -0.15) is 0 Å². The lowest BCUT2D eigenvalue weighted by atomic mass is 10.1. The first-order chi connectivity index (χ1) is 9.58. The number of aryl methyl sites for hydroxylation is 2. The average Bonchev–Trinajstić information content (AvgIpc) is 2.41. The van der Waals surface area contributed by atoms with E-state index in [1.165, 1.54) is 16.8 Å². The van der Waals surface area contributed by atoms with Crippen molar-refractivity contribution in [2.75, 3.05) is 23.7 Å². The molecule has 2 nitrogen and oxygen atoms in total. The van der Waals surface area contributed by atoms with Gasteiger partial charge in [-0.15, -0.1) is 0 Å². The number of hydrogen-bond donors (Lipinski definition) is 2. The fraction of sp³-hybridized carbons (Fsp3) is 0.294. The topological polar surface area (TPSA) is 24.1 Å². The summed E-state index contributed by atoms with van der Waals surface area (Å²) in [6.07, 6.45) is 0. The monoisotopic (exact) mass is 288 g/mol. The van der Waals surface area contributed by atoms with Crippen LogP contribution in [0.3, 0.4) is 0 Å². The molecule has 0 aliphatic carbocycles. The molecule has 0 spiro atoms. The van der Waals surface area contributed by atoms with Crippen LogP contribution in [-0.2, 0) is 0 Å². The first kappa shape index (κ1) is 14.7. The minimum absolute atomic E-state index is 0.803. The van der Waals surface area contributed by atoms with Crippen LogP contribution in [0.4, 0.5) is 11.4 Å². The molecule has 0 heterocycles. The Morgan fingerprint density at radius 2 is 1.60 bits per heavy atom. The van der Waals surface area contributed by atoms with Gasteiger partial charge in [0.05, 0.1) is 0 Å². The van der Waals surface area contributed by atoms with Crippen LogP contribution in [-0.4, -0.2) is 13.1 Å². The summed E-state index contributed by atoms with van der Waals surface area (Å²) < 4.78 is 0. The van der Waals surface area contributed by atoms with Crippen LogP contribution in [0.1, 0.15) is 16.7 Å². The number of rotatable bonds is 5. The molecule has 2 N–H and O–H groups in total. The third-order valence-electron chi connectivity index (χ3n) is 3.41. The summed E-state index contributed by atoms with van der Waals surface area (Å²) in [7, 11) is 0. The van der Waals surface area contributed by atoms with Gasteiger partial charge in [0, 0.05) is 29.5 Å². The summed E-state index contributed by atoms with van der Waals surface area (Å²) in [5.41, 5.74) is 5.96.